The van der Waals surface area contributed by atoms with Gasteiger partial charge in [0, 0.05) is 43.5 Å². The number of rotatable bonds is 9. The Morgan fingerprint density at radius 1 is 1.21 bits per heavy atom. The van der Waals surface area contributed by atoms with E-state index in [-0.39, 0.29) is 6.03 Å². The number of hydrogen-bond donors (Lipinski definition) is 2. The van der Waals surface area contributed by atoms with Crippen molar-refractivity contribution in [2.45, 2.75) is 6.92 Å². The predicted octanol–water partition coefficient (Wildman–Crippen LogP) is 5.63. The molecule has 0 radical (unpaired) electrons. The highest BCUT2D eigenvalue weighted by Gasteiger charge is 2.17. The van der Waals surface area contributed by atoms with Gasteiger partial charge in [-0.15, -0.1) is 0 Å². The number of anilines is 3. The van der Waals surface area contributed by atoms with E-state index in [2.05, 4.69) is 36.6 Å². The lowest BCUT2D eigenvalue weighted by Gasteiger charge is -2.26. The molecule has 0 unspecified atom stereocenters. The van der Waals surface area contributed by atoms with Crippen LogP contribution in [0, 0.1) is 0 Å². The summed E-state index contributed by atoms with van der Waals surface area (Å²) in [7, 11) is 5.11. The van der Waals surface area contributed by atoms with Gasteiger partial charge in [0.15, 0.2) is 0 Å². The fraction of sp³-hybridized carbons (Fsp3) is 0.304. The van der Waals surface area contributed by atoms with Crippen LogP contribution in [0.4, 0.5) is 21.9 Å². The van der Waals surface area contributed by atoms with Crippen molar-refractivity contribution in [3.63, 3.8) is 0 Å². The number of ether oxygens (including phenoxy) is 2. The summed E-state index contributed by atoms with van der Waals surface area (Å²) in [5, 5.41) is 10.7. The highest BCUT2D eigenvalue weighted by atomic mass is 79.9. The molecule has 2 amide bonds. The predicted molar refractivity (Wildman–Crippen MR) is 137 cm³/mol. The zero-order valence-electron chi connectivity index (χ0n) is 19.0. The smallest absolute Gasteiger partial charge is 0.323 e. The summed E-state index contributed by atoms with van der Waals surface area (Å²) in [6, 6.07) is 10.4. The monoisotopic (exact) mass is 535 g/mol. The summed E-state index contributed by atoms with van der Waals surface area (Å²) >= 11 is 9.76. The Morgan fingerprint density at radius 3 is 2.64 bits per heavy atom. The van der Waals surface area contributed by atoms with Crippen LogP contribution in [0.25, 0.3) is 11.3 Å². The molecular formula is C23H27BrClN5O3. The van der Waals surface area contributed by atoms with Gasteiger partial charge in [0.1, 0.15) is 5.75 Å². The third-order valence-corrected chi connectivity index (χ3v) is 5.92. The highest BCUT2D eigenvalue weighted by molar-refractivity contribution is 9.10. The summed E-state index contributed by atoms with van der Waals surface area (Å²) in [5.74, 6) is 0.668. The Hall–Kier alpha value is -2.75. The molecule has 1 heterocycles. The van der Waals surface area contributed by atoms with E-state index in [9.17, 15) is 4.79 Å². The number of carbonyl (C=O) groups is 1. The van der Waals surface area contributed by atoms with Crippen LogP contribution < -0.4 is 20.3 Å². The molecule has 0 aliphatic rings. The zero-order chi connectivity index (χ0) is 24.0. The molecule has 176 valence electrons. The molecule has 1 aromatic heterocycles. The van der Waals surface area contributed by atoms with E-state index >= 15 is 0 Å². The average Bonchev–Trinajstić information content (AvgIpc) is 3.13. The van der Waals surface area contributed by atoms with Gasteiger partial charge < -0.3 is 25.0 Å². The number of nitrogens with one attached hydrogen (secondary N) is 2. The molecule has 0 bridgehead atoms. The van der Waals surface area contributed by atoms with E-state index < -0.39 is 0 Å². The molecular weight excluding hydrogens is 510 g/mol. The number of halogens is 2. The largest absolute Gasteiger partial charge is 0.496 e. The molecule has 0 fully saturated rings. The Kier molecular flexibility index (Phi) is 8.60. The number of carbonyl (C=O) groups excluding carboxylic acids is 1. The lowest BCUT2D eigenvalue weighted by atomic mass is 10.1. The molecule has 8 nitrogen and oxygen atoms in total. The molecule has 10 heteroatoms. The van der Waals surface area contributed by atoms with Gasteiger partial charge in [0.25, 0.3) is 0 Å². The minimum Gasteiger partial charge on any atom is -0.496 e. The zero-order valence-corrected chi connectivity index (χ0v) is 21.3. The van der Waals surface area contributed by atoms with Gasteiger partial charge in [-0.2, -0.15) is 5.10 Å². The molecule has 0 aliphatic heterocycles. The minimum atomic E-state index is -0.374. The van der Waals surface area contributed by atoms with Crippen molar-refractivity contribution in [1.29, 1.82) is 0 Å². The molecule has 2 aromatic carbocycles. The highest BCUT2D eigenvalue weighted by Crippen LogP contribution is 2.36. The van der Waals surface area contributed by atoms with Crippen LogP contribution in [0.3, 0.4) is 0 Å². The maximum atomic E-state index is 12.9. The van der Waals surface area contributed by atoms with Gasteiger partial charge in [-0.1, -0.05) is 11.6 Å². The summed E-state index contributed by atoms with van der Waals surface area (Å²) in [5.41, 5.74) is 3.72. The van der Waals surface area contributed by atoms with Gasteiger partial charge in [-0.3, -0.25) is 4.68 Å². The number of nitrogens with zero attached hydrogens (tertiary/aromatic N) is 3. The molecule has 3 aromatic rings. The first kappa shape index (κ1) is 24.9. The fourth-order valence-corrected chi connectivity index (χ4v) is 4.22. The third-order valence-electron chi connectivity index (χ3n) is 5.10. The number of amides is 2. The van der Waals surface area contributed by atoms with Crippen LogP contribution in [0.5, 0.6) is 5.75 Å². The van der Waals surface area contributed by atoms with Crippen molar-refractivity contribution in [2.24, 2.45) is 7.05 Å². The van der Waals surface area contributed by atoms with Crippen molar-refractivity contribution >= 4 is 50.6 Å². The Bertz CT molecular complexity index is 1100. The number of methoxy groups -OCH3 is 2. The van der Waals surface area contributed by atoms with Gasteiger partial charge in [0.2, 0.25) is 0 Å². The summed E-state index contributed by atoms with van der Waals surface area (Å²) < 4.78 is 13.3. The van der Waals surface area contributed by atoms with Gasteiger partial charge in [-0.25, -0.2) is 4.79 Å². The van der Waals surface area contributed by atoms with E-state index in [1.54, 1.807) is 43.3 Å². The number of aromatic nitrogens is 2. The maximum Gasteiger partial charge on any atom is 0.323 e. The Labute approximate surface area is 206 Å². The summed E-state index contributed by atoms with van der Waals surface area (Å²) in [4.78, 5) is 15.0. The van der Waals surface area contributed by atoms with E-state index in [0.29, 0.717) is 35.3 Å². The van der Waals surface area contributed by atoms with Crippen molar-refractivity contribution in [3.05, 3.63) is 52.1 Å². The first-order chi connectivity index (χ1) is 15.9. The number of urea groups is 1. The second-order valence-corrected chi connectivity index (χ2v) is 8.48. The number of likely N-dealkylation sites (N-methyl/N-ethyl adjacent to an activating group) is 1. The summed E-state index contributed by atoms with van der Waals surface area (Å²) in [6.07, 6.45) is 1.71. The van der Waals surface area contributed by atoms with Crippen LogP contribution in [0.2, 0.25) is 5.02 Å². The van der Waals surface area contributed by atoms with E-state index in [0.717, 1.165) is 28.0 Å². The molecule has 3 rings (SSSR count). The van der Waals surface area contributed by atoms with Crippen LogP contribution in [-0.2, 0) is 11.8 Å². The van der Waals surface area contributed by atoms with Crippen LogP contribution in [0.1, 0.15) is 6.92 Å². The quantitative estimate of drug-likeness (QED) is 0.371. The first-order valence-corrected chi connectivity index (χ1v) is 11.5. The normalized spacial score (nSPS) is 10.7. The van der Waals surface area contributed by atoms with Crippen LogP contribution >= 0.6 is 27.5 Å². The standard InChI is InChI=1S/C23H27BrClN5O3/c1-5-30(10-11-32-3)20-12-15(25)6-8-19(20)28-23(31)27-16-7-9-21(33-4)17(13-16)22-18(24)14-26-29(22)2/h6-9,12-14H,5,10-11H2,1-4H3,(H2,27,28,31). The topological polar surface area (TPSA) is 80.7 Å². The van der Waals surface area contributed by atoms with Crippen molar-refractivity contribution < 1.29 is 14.3 Å². The van der Waals surface area contributed by atoms with Crippen molar-refractivity contribution in [1.82, 2.24) is 9.78 Å². The van der Waals surface area contributed by atoms with Gasteiger partial charge in [-0.05, 0) is 59.3 Å². The second-order valence-electron chi connectivity index (χ2n) is 7.19. The number of aryl methyl sites for hydroxylation is 1. The number of hydrogen-bond acceptors (Lipinski definition) is 5. The van der Waals surface area contributed by atoms with Gasteiger partial charge >= 0.3 is 6.03 Å². The van der Waals surface area contributed by atoms with E-state index in [1.807, 2.05) is 32.2 Å². The van der Waals surface area contributed by atoms with Crippen molar-refractivity contribution in [2.75, 3.05) is 49.4 Å². The van der Waals surface area contributed by atoms with Crippen molar-refractivity contribution in [3.8, 4) is 17.0 Å². The van der Waals surface area contributed by atoms with Gasteiger partial charge in [0.05, 0.1) is 41.5 Å². The lowest BCUT2D eigenvalue weighted by molar-refractivity contribution is 0.205. The van der Waals surface area contributed by atoms with Crippen LogP contribution in [0.15, 0.2) is 47.1 Å². The molecule has 0 atom stereocenters. The lowest BCUT2D eigenvalue weighted by Crippen LogP contribution is -2.29. The Balaban J connectivity index is 1.84. The van der Waals surface area contributed by atoms with E-state index in [1.165, 1.54) is 0 Å². The average molecular weight is 537 g/mol. The SMILES string of the molecule is CCN(CCOC)c1cc(Cl)ccc1NC(=O)Nc1ccc(OC)c(-c2c(Br)cnn2C)c1. The van der Waals surface area contributed by atoms with E-state index in [4.69, 9.17) is 21.1 Å². The number of benzene rings is 2. The fourth-order valence-electron chi connectivity index (χ4n) is 3.49. The maximum absolute atomic E-state index is 12.9. The molecule has 0 saturated heterocycles. The second kappa shape index (κ2) is 11.4. The molecule has 2 N–H and O–H groups in total. The molecule has 33 heavy (non-hydrogen) atoms. The first-order valence-electron chi connectivity index (χ1n) is 10.3. The van der Waals surface area contributed by atoms with Crippen LogP contribution in [-0.4, -0.2) is 49.7 Å². The molecule has 0 saturated carbocycles. The third kappa shape index (κ3) is 5.98. The molecule has 0 spiro atoms. The Morgan fingerprint density at radius 2 is 2.00 bits per heavy atom. The minimum absolute atomic E-state index is 0.374. The molecule has 0 aliphatic carbocycles. The summed E-state index contributed by atoms with van der Waals surface area (Å²) in [6.45, 7) is 4.01.